The summed E-state index contributed by atoms with van der Waals surface area (Å²) < 4.78 is 177. The molecule has 4 N–H and O–H groups in total. The zero-order valence-electron chi connectivity index (χ0n) is 45.3. The van der Waals surface area contributed by atoms with Gasteiger partial charge in [0.2, 0.25) is 5.69 Å². The van der Waals surface area contributed by atoms with Crippen LogP contribution in [0.1, 0.15) is 69.9 Å². The Bertz CT molecular complexity index is 3090. The lowest BCUT2D eigenvalue weighted by Gasteiger charge is -2.30. The highest BCUT2D eigenvalue weighted by Crippen LogP contribution is 2.51. The quantitative estimate of drug-likeness (QED) is 0.0246. The molecule has 0 spiro atoms. The Morgan fingerprint density at radius 1 is 0.617 bits per heavy atom. The summed E-state index contributed by atoms with van der Waals surface area (Å²) in [5.41, 5.74) is 0.529. The van der Waals surface area contributed by atoms with E-state index in [0.717, 1.165) is 0 Å². The number of allylic oxidation sites excluding steroid dienone is 6. The summed E-state index contributed by atoms with van der Waals surface area (Å²) in [6, 6.07) is 7.98. The van der Waals surface area contributed by atoms with Crippen molar-refractivity contribution in [1.29, 1.82) is 0 Å². The van der Waals surface area contributed by atoms with Crippen molar-refractivity contribution < 1.29 is 109 Å². The fourth-order valence-corrected chi connectivity index (χ4v) is 11.5. The molecule has 1 fully saturated rings. The number of hydrogen-bond acceptors (Lipinski definition) is 20. The van der Waals surface area contributed by atoms with Gasteiger partial charge in [0.05, 0.1) is 112 Å². The van der Waals surface area contributed by atoms with Crippen molar-refractivity contribution in [2.24, 2.45) is 0 Å². The fraction of sp³-hybridized carbons (Fsp3) is 0.569. The number of hydrogen-bond donors (Lipinski definition) is 4. The van der Waals surface area contributed by atoms with Gasteiger partial charge in [-0.3, -0.25) is 27.8 Å². The first-order valence-corrected chi connectivity index (χ1v) is 31.9. The first-order valence-electron chi connectivity index (χ1n) is 25.8. The van der Waals surface area contributed by atoms with E-state index in [2.05, 4.69) is 0 Å². The van der Waals surface area contributed by atoms with Crippen LogP contribution in [-0.4, -0.2) is 203 Å². The van der Waals surface area contributed by atoms with Gasteiger partial charge in [-0.15, -0.1) is 5.06 Å². The molecule has 3 heterocycles. The summed E-state index contributed by atoms with van der Waals surface area (Å²) in [6.45, 7) is 7.29. The van der Waals surface area contributed by atoms with Gasteiger partial charge in [-0.05, 0) is 81.5 Å². The molecule has 0 aliphatic carbocycles. The lowest BCUT2D eigenvalue weighted by molar-refractivity contribution is -0.442. The average molecular weight is 1220 g/mol. The van der Waals surface area contributed by atoms with Crippen molar-refractivity contribution in [3.8, 4) is 0 Å². The van der Waals surface area contributed by atoms with Crippen LogP contribution in [0.5, 0.6) is 0 Å². The predicted octanol–water partition coefficient (Wildman–Crippen LogP) is 3.39. The number of rotatable bonds is 38. The molecule has 0 saturated carbocycles. The third-order valence-corrected chi connectivity index (χ3v) is 16.7. The largest absolute Gasteiger partial charge is 0.382 e. The number of amides is 2. The number of ether oxygens (including phenoxy) is 7. The number of hydroxylamine groups is 2. The molecular formula is C51H72N3O23S4+. The topological polar surface area (TPSA) is 352 Å². The molecule has 452 valence electrons. The van der Waals surface area contributed by atoms with Gasteiger partial charge in [-0.1, -0.05) is 18.2 Å². The molecule has 0 aromatic heterocycles. The minimum Gasteiger partial charge on any atom is -0.382 e. The summed E-state index contributed by atoms with van der Waals surface area (Å²) in [4.78, 5) is 42.2. The Balaban J connectivity index is 1.40. The SMILES string of the molecule is COCCOCCOCCOCCOCCOCCN1C(=CC=CC=CC2=[N+](CCOCCC(=O)ON3C(=O)CCC3=O)c3ccc(S(=O)(=O)O)cc3C2(C)CCCS(=O)(=O)O)C(C)(CCCS(=O)(=O)O)c2cc(S(=O)(=O)O)ccc21. The first kappa shape index (κ1) is 66.9. The maximum atomic E-state index is 12.5. The number of methoxy groups -OCH3 is 1. The lowest BCUT2D eigenvalue weighted by Crippen LogP contribution is -2.33. The molecule has 2 atom stereocenters. The van der Waals surface area contributed by atoms with Crippen LogP contribution in [0.2, 0.25) is 0 Å². The van der Waals surface area contributed by atoms with Gasteiger partial charge in [0.15, 0.2) is 12.3 Å². The van der Waals surface area contributed by atoms with Crippen LogP contribution < -0.4 is 4.90 Å². The number of imide groups is 1. The van der Waals surface area contributed by atoms with Crippen LogP contribution in [0.15, 0.2) is 82.3 Å². The summed E-state index contributed by atoms with van der Waals surface area (Å²) in [5, 5.41) is 0.419. The Hall–Kier alpha value is -4.90. The zero-order valence-corrected chi connectivity index (χ0v) is 48.6. The molecule has 2 unspecified atom stereocenters. The van der Waals surface area contributed by atoms with Gasteiger partial charge in [-0.2, -0.15) is 38.2 Å². The molecule has 0 radical (unpaired) electrons. The standard InChI is InChI=1S/C51H71N3O23S4/c1-50(18-7-35-78(58,59)60)41-37-39(80(64,65)66)11-13-43(41)52(20-23-71-22-17-49(57)77-54-47(55)15-16-48(54)56)45(50)9-5-4-6-10-46-51(2,19-8-36-79(61,62)63)42-38-40(81(67,68)69)12-14-44(42)53(46)21-24-72-27-28-74-31-32-76-34-33-75-30-29-73-26-25-70-3/h4-6,9-14,37-38H,7-8,15-36H2,1-3H3,(H3-,58,59,60,61,62,63,64,65,66,67,68,69)/p+1. The monoisotopic (exact) mass is 1220 g/mol. The minimum absolute atomic E-state index is 0.0338. The summed E-state index contributed by atoms with van der Waals surface area (Å²) in [7, 11) is -16.7. The number of carbonyl (C=O) groups is 3. The lowest BCUT2D eigenvalue weighted by atomic mass is 9.76. The normalized spacial score (nSPS) is 19.3. The van der Waals surface area contributed by atoms with E-state index in [1.165, 1.54) is 36.4 Å². The average Bonchev–Trinajstić information content (AvgIpc) is 3.86. The highest BCUT2D eigenvalue weighted by Gasteiger charge is 2.48. The second-order valence-corrected chi connectivity index (χ2v) is 25.2. The molecule has 5 rings (SSSR count). The smallest absolute Gasteiger partial charge is 0.335 e. The third-order valence-electron chi connectivity index (χ3n) is 13.4. The summed E-state index contributed by atoms with van der Waals surface area (Å²) >= 11 is 0. The zero-order chi connectivity index (χ0) is 59.5. The van der Waals surface area contributed by atoms with Crippen molar-refractivity contribution in [2.75, 3.05) is 122 Å². The summed E-state index contributed by atoms with van der Waals surface area (Å²) in [5.74, 6) is -3.43. The highest BCUT2D eigenvalue weighted by molar-refractivity contribution is 7.86. The molecule has 2 aromatic carbocycles. The molecule has 81 heavy (non-hydrogen) atoms. The maximum Gasteiger partial charge on any atom is 0.335 e. The molecule has 2 amide bonds. The van der Waals surface area contributed by atoms with Gasteiger partial charge in [0.25, 0.3) is 52.3 Å². The highest BCUT2D eigenvalue weighted by atomic mass is 32.2. The van der Waals surface area contributed by atoms with Gasteiger partial charge in [-0.25, -0.2) is 4.79 Å². The Labute approximate surface area is 472 Å². The van der Waals surface area contributed by atoms with E-state index >= 15 is 0 Å². The summed E-state index contributed by atoms with van der Waals surface area (Å²) in [6.07, 6.45) is 7.78. The van der Waals surface area contributed by atoms with E-state index in [4.69, 9.17) is 38.0 Å². The minimum atomic E-state index is -4.74. The van der Waals surface area contributed by atoms with Crippen LogP contribution >= 0.6 is 0 Å². The van der Waals surface area contributed by atoms with Gasteiger partial charge < -0.3 is 42.9 Å². The van der Waals surface area contributed by atoms with E-state index < -0.39 is 90.4 Å². The maximum absolute atomic E-state index is 12.5. The first-order chi connectivity index (χ1) is 38.2. The second-order valence-electron chi connectivity index (χ2n) is 19.2. The van der Waals surface area contributed by atoms with Crippen LogP contribution in [0, 0.1) is 0 Å². The van der Waals surface area contributed by atoms with Crippen molar-refractivity contribution >= 4 is 75.3 Å². The van der Waals surface area contributed by atoms with E-state index in [1.807, 2.05) is 4.90 Å². The van der Waals surface area contributed by atoms with Gasteiger partial charge in [0, 0.05) is 61.0 Å². The number of anilines is 1. The Morgan fingerprint density at radius 2 is 1.11 bits per heavy atom. The van der Waals surface area contributed by atoms with E-state index in [1.54, 1.807) is 55.9 Å². The van der Waals surface area contributed by atoms with Crippen molar-refractivity contribution in [3.63, 3.8) is 0 Å². The number of fused-ring (bicyclic) bond motifs is 2. The van der Waals surface area contributed by atoms with Crippen LogP contribution in [0.3, 0.4) is 0 Å². The van der Waals surface area contributed by atoms with Crippen LogP contribution in [0.25, 0.3) is 0 Å². The number of benzene rings is 2. The fourth-order valence-electron chi connectivity index (χ4n) is 9.46. The number of nitrogens with zero attached hydrogens (tertiary/aromatic N) is 3. The molecule has 1 saturated heterocycles. The van der Waals surface area contributed by atoms with E-state index in [0.29, 0.717) is 91.8 Å². The Kier molecular flexibility index (Phi) is 25.3. The molecule has 30 heteroatoms. The van der Waals surface area contributed by atoms with E-state index in [-0.39, 0.29) is 91.1 Å². The molecular weight excluding hydrogens is 1150 g/mol. The van der Waals surface area contributed by atoms with Crippen molar-refractivity contribution in [3.05, 3.63) is 83.6 Å². The number of carbonyl (C=O) groups excluding carboxylic acids is 3. The van der Waals surface area contributed by atoms with Crippen LogP contribution in [0.4, 0.5) is 11.4 Å². The van der Waals surface area contributed by atoms with Gasteiger partial charge >= 0.3 is 5.97 Å². The molecule has 2 aromatic rings. The molecule has 0 bridgehead atoms. The second kappa shape index (κ2) is 30.6. The van der Waals surface area contributed by atoms with Crippen molar-refractivity contribution in [1.82, 2.24) is 5.06 Å². The van der Waals surface area contributed by atoms with Crippen molar-refractivity contribution in [2.45, 2.75) is 79.4 Å². The third kappa shape index (κ3) is 20.2. The van der Waals surface area contributed by atoms with Gasteiger partial charge in [0.1, 0.15) is 6.61 Å². The predicted molar refractivity (Wildman–Crippen MR) is 291 cm³/mol. The van der Waals surface area contributed by atoms with Crippen LogP contribution in [-0.2, 0) is 104 Å². The molecule has 3 aliphatic heterocycles. The Morgan fingerprint density at radius 3 is 1.64 bits per heavy atom. The van der Waals surface area contributed by atoms with E-state index in [9.17, 15) is 66.3 Å². The molecule has 26 nitrogen and oxygen atoms in total. The molecule has 3 aliphatic rings.